The van der Waals surface area contributed by atoms with Crippen molar-refractivity contribution in [1.82, 2.24) is 10.3 Å². The van der Waals surface area contributed by atoms with E-state index in [1.54, 1.807) is 23.9 Å². The van der Waals surface area contributed by atoms with E-state index in [1.807, 2.05) is 13.0 Å². The number of amides is 1. The molecule has 1 N–H and O–H groups in total. The van der Waals surface area contributed by atoms with Crippen molar-refractivity contribution < 1.29 is 18.0 Å². The minimum atomic E-state index is -4.59. The number of hydrogen-bond acceptors (Lipinski definition) is 3. The summed E-state index contributed by atoms with van der Waals surface area (Å²) >= 11 is 7.55. The number of alkyl halides is 3. The average molecular weight is 375 g/mol. The molecule has 1 amide bonds. The molecule has 1 aromatic carbocycles. The molecule has 0 spiro atoms. The first-order valence-corrected chi connectivity index (χ1v) is 8.41. The van der Waals surface area contributed by atoms with Crippen LogP contribution in [0.15, 0.2) is 41.3 Å². The predicted molar refractivity (Wildman–Crippen MR) is 88.3 cm³/mol. The summed E-state index contributed by atoms with van der Waals surface area (Å²) in [6.07, 6.45) is -4.59. The molecule has 0 atom stereocenters. The molecule has 128 valence electrons. The number of pyridine rings is 1. The SMILES string of the molecule is CCSc1ccc(Cl)cc1CNC(=O)c1cccc(C(F)(F)F)n1. The molecule has 0 aliphatic rings. The molecule has 3 nitrogen and oxygen atoms in total. The van der Waals surface area contributed by atoms with Crippen LogP contribution in [0.1, 0.15) is 28.7 Å². The van der Waals surface area contributed by atoms with Crippen LogP contribution in [0.25, 0.3) is 0 Å². The largest absolute Gasteiger partial charge is 0.433 e. The van der Waals surface area contributed by atoms with Gasteiger partial charge >= 0.3 is 6.18 Å². The van der Waals surface area contributed by atoms with Crippen LogP contribution < -0.4 is 5.32 Å². The molecule has 0 fully saturated rings. The van der Waals surface area contributed by atoms with Crippen molar-refractivity contribution in [1.29, 1.82) is 0 Å². The van der Waals surface area contributed by atoms with Crippen molar-refractivity contribution in [3.8, 4) is 0 Å². The summed E-state index contributed by atoms with van der Waals surface area (Å²) in [4.78, 5) is 16.4. The summed E-state index contributed by atoms with van der Waals surface area (Å²) in [5.41, 5.74) is -0.577. The van der Waals surface area contributed by atoms with E-state index in [-0.39, 0.29) is 12.2 Å². The van der Waals surface area contributed by atoms with Crippen molar-refractivity contribution in [2.75, 3.05) is 5.75 Å². The van der Waals surface area contributed by atoms with E-state index >= 15 is 0 Å². The molecule has 0 saturated carbocycles. The third kappa shape index (κ3) is 4.88. The first-order chi connectivity index (χ1) is 11.3. The lowest BCUT2D eigenvalue weighted by Crippen LogP contribution is -2.25. The zero-order valence-electron chi connectivity index (χ0n) is 12.7. The molecule has 0 radical (unpaired) electrons. The van der Waals surface area contributed by atoms with Gasteiger partial charge in [0.2, 0.25) is 0 Å². The highest BCUT2D eigenvalue weighted by Gasteiger charge is 2.32. The molecule has 2 aromatic rings. The molecule has 24 heavy (non-hydrogen) atoms. The molecule has 1 heterocycles. The van der Waals surface area contributed by atoms with Gasteiger partial charge in [0.25, 0.3) is 5.91 Å². The number of hydrogen-bond donors (Lipinski definition) is 1. The van der Waals surface area contributed by atoms with Gasteiger partial charge in [-0.1, -0.05) is 24.6 Å². The third-order valence-corrected chi connectivity index (χ3v) is 4.27. The Labute approximate surface area is 146 Å². The minimum absolute atomic E-state index is 0.152. The molecule has 0 aliphatic carbocycles. The van der Waals surface area contributed by atoms with Crippen molar-refractivity contribution >= 4 is 29.3 Å². The van der Waals surface area contributed by atoms with E-state index < -0.39 is 17.8 Å². The Morgan fingerprint density at radius 1 is 1.29 bits per heavy atom. The van der Waals surface area contributed by atoms with E-state index in [9.17, 15) is 18.0 Å². The van der Waals surface area contributed by atoms with E-state index in [0.717, 1.165) is 28.3 Å². The number of benzene rings is 1. The van der Waals surface area contributed by atoms with Crippen LogP contribution in [0, 0.1) is 0 Å². The second kappa shape index (κ2) is 7.90. The lowest BCUT2D eigenvalue weighted by Gasteiger charge is -2.11. The Balaban J connectivity index is 2.13. The summed E-state index contributed by atoms with van der Waals surface area (Å²) < 4.78 is 38.0. The summed E-state index contributed by atoms with van der Waals surface area (Å²) in [6, 6.07) is 8.54. The Kier molecular flexibility index (Phi) is 6.12. The second-order valence-electron chi connectivity index (χ2n) is 4.77. The molecule has 0 saturated heterocycles. The van der Waals surface area contributed by atoms with Gasteiger partial charge < -0.3 is 5.32 Å². The van der Waals surface area contributed by atoms with Gasteiger partial charge in [-0.25, -0.2) is 4.98 Å². The lowest BCUT2D eigenvalue weighted by molar-refractivity contribution is -0.141. The number of carbonyl (C=O) groups is 1. The zero-order valence-corrected chi connectivity index (χ0v) is 14.2. The minimum Gasteiger partial charge on any atom is -0.347 e. The Hall–Kier alpha value is -1.73. The first-order valence-electron chi connectivity index (χ1n) is 7.05. The van der Waals surface area contributed by atoms with Gasteiger partial charge in [-0.15, -0.1) is 11.8 Å². The fraction of sp³-hybridized carbons (Fsp3) is 0.250. The maximum Gasteiger partial charge on any atom is 0.433 e. The van der Waals surface area contributed by atoms with Crippen molar-refractivity contribution in [2.45, 2.75) is 24.5 Å². The van der Waals surface area contributed by atoms with E-state index in [0.29, 0.717) is 5.02 Å². The Morgan fingerprint density at radius 3 is 2.71 bits per heavy atom. The lowest BCUT2D eigenvalue weighted by atomic mass is 10.2. The van der Waals surface area contributed by atoms with Gasteiger partial charge in [-0.3, -0.25) is 4.79 Å². The topological polar surface area (TPSA) is 42.0 Å². The van der Waals surface area contributed by atoms with E-state index in [2.05, 4.69) is 10.3 Å². The summed E-state index contributed by atoms with van der Waals surface area (Å²) in [7, 11) is 0. The second-order valence-corrected chi connectivity index (χ2v) is 6.52. The van der Waals surface area contributed by atoms with Gasteiger partial charge in [0, 0.05) is 16.5 Å². The molecule has 0 aliphatic heterocycles. The molecule has 0 bridgehead atoms. The number of carbonyl (C=O) groups excluding carboxylic acids is 1. The Bertz CT molecular complexity index is 738. The number of aromatic nitrogens is 1. The van der Waals surface area contributed by atoms with Gasteiger partial charge in [-0.05, 0) is 41.6 Å². The number of thioether (sulfide) groups is 1. The normalized spacial score (nSPS) is 11.4. The molecule has 8 heteroatoms. The molecular weight excluding hydrogens is 361 g/mol. The first kappa shape index (κ1) is 18.6. The quantitative estimate of drug-likeness (QED) is 0.765. The Morgan fingerprint density at radius 2 is 2.04 bits per heavy atom. The maximum absolute atomic E-state index is 12.7. The van der Waals surface area contributed by atoms with E-state index in [4.69, 9.17) is 11.6 Å². The highest BCUT2D eigenvalue weighted by molar-refractivity contribution is 7.99. The molecule has 1 aromatic heterocycles. The highest BCUT2D eigenvalue weighted by atomic mass is 35.5. The molecule has 2 rings (SSSR count). The van der Waals surface area contributed by atoms with E-state index in [1.165, 1.54) is 6.07 Å². The van der Waals surface area contributed by atoms with Crippen molar-refractivity contribution in [3.05, 3.63) is 58.4 Å². The van der Waals surface area contributed by atoms with Crippen LogP contribution >= 0.6 is 23.4 Å². The fourth-order valence-corrected chi connectivity index (χ4v) is 2.95. The van der Waals surface area contributed by atoms with Crippen molar-refractivity contribution in [2.24, 2.45) is 0 Å². The number of halogens is 4. The van der Waals surface area contributed by atoms with Crippen molar-refractivity contribution in [3.63, 3.8) is 0 Å². The highest BCUT2D eigenvalue weighted by Crippen LogP contribution is 2.28. The fourth-order valence-electron chi connectivity index (χ4n) is 1.97. The third-order valence-electron chi connectivity index (χ3n) is 3.03. The van der Waals surface area contributed by atoms with Gasteiger partial charge in [0.05, 0.1) is 0 Å². The van der Waals surface area contributed by atoms with Gasteiger partial charge in [-0.2, -0.15) is 13.2 Å². The molecule has 0 unspecified atom stereocenters. The summed E-state index contributed by atoms with van der Waals surface area (Å²) in [6.45, 7) is 2.15. The van der Waals surface area contributed by atoms with Crippen LogP contribution in [0.4, 0.5) is 13.2 Å². The average Bonchev–Trinajstić information content (AvgIpc) is 2.54. The predicted octanol–water partition coefficient (Wildman–Crippen LogP) is 4.80. The van der Waals surface area contributed by atoms with Gasteiger partial charge in [0.15, 0.2) is 0 Å². The van der Waals surface area contributed by atoms with Crippen LogP contribution in [0.5, 0.6) is 0 Å². The van der Waals surface area contributed by atoms with Crippen LogP contribution in [0.3, 0.4) is 0 Å². The standard InChI is InChI=1S/C16H14ClF3N2OS/c1-2-24-13-7-6-11(17)8-10(13)9-21-15(23)12-4-3-5-14(22-12)16(18,19)20/h3-8H,2,9H2,1H3,(H,21,23). The molecular formula is C16H14ClF3N2OS. The summed E-state index contributed by atoms with van der Waals surface area (Å²) in [5, 5.41) is 3.10. The number of rotatable bonds is 5. The van der Waals surface area contributed by atoms with Crippen LogP contribution in [-0.4, -0.2) is 16.6 Å². The smallest absolute Gasteiger partial charge is 0.347 e. The van der Waals surface area contributed by atoms with Crippen LogP contribution in [-0.2, 0) is 12.7 Å². The van der Waals surface area contributed by atoms with Gasteiger partial charge in [0.1, 0.15) is 11.4 Å². The number of nitrogens with one attached hydrogen (secondary N) is 1. The maximum atomic E-state index is 12.7. The number of nitrogens with zero attached hydrogens (tertiary/aromatic N) is 1. The van der Waals surface area contributed by atoms with Crippen LogP contribution in [0.2, 0.25) is 5.02 Å². The zero-order chi connectivity index (χ0) is 17.7. The monoisotopic (exact) mass is 374 g/mol. The summed E-state index contributed by atoms with van der Waals surface area (Å²) in [5.74, 6) is 0.172.